The van der Waals surface area contributed by atoms with E-state index in [1.807, 2.05) is 13.8 Å². The topological polar surface area (TPSA) is 205 Å². The maximum absolute atomic E-state index is 10.8. The van der Waals surface area contributed by atoms with E-state index in [0.29, 0.717) is 35.3 Å². The van der Waals surface area contributed by atoms with Crippen LogP contribution in [0.3, 0.4) is 0 Å². The highest BCUT2D eigenvalue weighted by atomic mass is 16.6. The molecule has 0 amide bonds. The molecule has 0 bridgehead atoms. The maximum atomic E-state index is 10.8. The Morgan fingerprint density at radius 2 is 1.87 bits per heavy atom. The third kappa shape index (κ3) is 6.18. The summed E-state index contributed by atoms with van der Waals surface area (Å²) in [5, 5.41) is 45.6. The fraction of sp³-hybridized carbons (Fsp3) is 0.652. The zero-order valence-electron chi connectivity index (χ0n) is 22.1. The first-order chi connectivity index (χ1) is 18.2. The van der Waals surface area contributed by atoms with Crippen LogP contribution >= 0.6 is 0 Å². The molecule has 0 saturated carbocycles. The molecule has 0 aliphatic carbocycles. The van der Waals surface area contributed by atoms with Crippen LogP contribution in [0.1, 0.15) is 64.6 Å². The van der Waals surface area contributed by atoms with Crippen molar-refractivity contribution in [3.63, 3.8) is 0 Å². The van der Waals surface area contributed by atoms with Crippen LogP contribution in [0.5, 0.6) is 0 Å². The van der Waals surface area contributed by atoms with Gasteiger partial charge in [-0.3, -0.25) is 9.36 Å². The first kappa shape index (κ1) is 29.2. The predicted molar refractivity (Wildman–Crippen MR) is 135 cm³/mol. The second-order valence-electron chi connectivity index (χ2n) is 9.33. The third-order valence-corrected chi connectivity index (χ3v) is 6.07. The van der Waals surface area contributed by atoms with Gasteiger partial charge in [-0.05, 0) is 25.7 Å². The van der Waals surface area contributed by atoms with Crippen molar-refractivity contribution in [2.24, 2.45) is 5.92 Å². The lowest BCUT2D eigenvalue weighted by molar-refractivity contribution is -0.122. The van der Waals surface area contributed by atoms with E-state index in [0.717, 1.165) is 12.8 Å². The molecule has 3 aromatic heterocycles. The molecule has 15 nitrogen and oxygen atoms in total. The zero-order valence-corrected chi connectivity index (χ0v) is 22.1. The van der Waals surface area contributed by atoms with Crippen LogP contribution in [-0.2, 0) is 9.53 Å². The Bertz CT molecular complexity index is 1180. The fourth-order valence-electron chi connectivity index (χ4n) is 4.18. The summed E-state index contributed by atoms with van der Waals surface area (Å²) in [5.41, 5.74) is 0.884. The summed E-state index contributed by atoms with van der Waals surface area (Å²) in [6.45, 7) is 9.93. The molecule has 210 valence electrons. The van der Waals surface area contributed by atoms with Gasteiger partial charge in [-0.2, -0.15) is 15.0 Å². The number of fused-ring (bicyclic) bond motifs is 1. The van der Waals surface area contributed by atoms with Gasteiger partial charge in [0, 0.05) is 12.6 Å². The molecule has 0 radical (unpaired) electrons. The number of hydrogen-bond acceptors (Lipinski definition) is 13. The van der Waals surface area contributed by atoms with Crippen LogP contribution in [0.25, 0.3) is 11.2 Å². The van der Waals surface area contributed by atoms with Crippen LogP contribution < -0.4 is 10.2 Å². The van der Waals surface area contributed by atoms with Gasteiger partial charge in [0.2, 0.25) is 5.95 Å². The average molecular weight is 537 g/mol. The molecule has 15 heteroatoms. The second-order valence-corrected chi connectivity index (χ2v) is 9.33. The Kier molecular flexibility index (Phi) is 9.90. The van der Waals surface area contributed by atoms with Crippen LogP contribution in [0.4, 0.5) is 11.8 Å². The fourth-order valence-corrected chi connectivity index (χ4v) is 4.18. The smallest absolute Gasteiger partial charge is 0.290 e. The van der Waals surface area contributed by atoms with Gasteiger partial charge in [0.1, 0.15) is 18.9 Å². The number of hydrogen-bond donors (Lipinski definition) is 5. The number of imidazole rings is 1. The van der Waals surface area contributed by atoms with Gasteiger partial charge in [0.15, 0.2) is 35.1 Å². The van der Waals surface area contributed by atoms with Crippen molar-refractivity contribution in [3.05, 3.63) is 18.0 Å². The van der Waals surface area contributed by atoms with Crippen molar-refractivity contribution in [2.75, 3.05) is 23.5 Å². The molecule has 4 rings (SSSR count). The summed E-state index contributed by atoms with van der Waals surface area (Å²) < 4.78 is 12.7. The molecule has 0 spiro atoms. The number of nitrogens with zero attached hydrogens (tertiary/aromatic N) is 7. The highest BCUT2D eigenvalue weighted by molar-refractivity contribution is 5.84. The van der Waals surface area contributed by atoms with Crippen molar-refractivity contribution in [3.8, 4) is 0 Å². The lowest BCUT2D eigenvalue weighted by Gasteiger charge is -2.24. The molecule has 5 N–H and O–H groups in total. The van der Waals surface area contributed by atoms with Crippen LogP contribution in [-0.4, -0.2) is 88.1 Å². The maximum Gasteiger partial charge on any atom is 0.290 e. The highest BCUT2D eigenvalue weighted by Crippen LogP contribution is 2.39. The Balaban J connectivity index is 0.00000127. The molecule has 4 atom stereocenters. The van der Waals surface area contributed by atoms with Crippen LogP contribution in [0.2, 0.25) is 0 Å². The minimum absolute atomic E-state index is 0.0794. The molecular formula is C23H36N8O7. The van der Waals surface area contributed by atoms with E-state index < -0.39 is 24.5 Å². The SMILES string of the molecule is CCC(CC)Nc1nc(N(CO)CC(C)C)nc2c1ncn2[C@@H]1O[C@H](c2nc(C)no2)[C@@H](O)[C@H]1O.O=CO. The second kappa shape index (κ2) is 12.9. The standard InChI is InChI=1S/C22H34N8O5.CH2O2/c1-6-13(7-2)25-18-14-19(27-22(26-18)29(10-31)8-11(3)4)30(9-23-14)21-16(33)15(32)17(34-21)20-24-12(5)28-35-20;2-1-3/h9,11,13,15-17,21,31-33H,6-8,10H2,1-5H3,(H,25,26,27);1H,(H,2,3)/t15-,16+,17-,21+;/m0./s1. The van der Waals surface area contributed by atoms with Crippen LogP contribution in [0.15, 0.2) is 10.9 Å². The lowest BCUT2D eigenvalue weighted by atomic mass is 10.1. The number of ether oxygens (including phenoxy) is 1. The van der Waals surface area contributed by atoms with Gasteiger partial charge in [0.25, 0.3) is 12.4 Å². The van der Waals surface area contributed by atoms with E-state index in [1.165, 1.54) is 6.33 Å². The molecule has 4 heterocycles. The van der Waals surface area contributed by atoms with Crippen molar-refractivity contribution in [1.82, 2.24) is 29.7 Å². The number of carboxylic acid groups (broad SMARTS) is 1. The number of aryl methyl sites for hydroxylation is 1. The lowest BCUT2D eigenvalue weighted by Crippen LogP contribution is -2.31. The summed E-state index contributed by atoms with van der Waals surface area (Å²) in [7, 11) is 0. The first-order valence-electron chi connectivity index (χ1n) is 12.4. The van der Waals surface area contributed by atoms with Crippen LogP contribution in [0, 0.1) is 12.8 Å². The zero-order chi connectivity index (χ0) is 28.0. The van der Waals surface area contributed by atoms with E-state index in [4.69, 9.17) is 19.2 Å². The van der Waals surface area contributed by atoms with Gasteiger partial charge >= 0.3 is 0 Å². The largest absolute Gasteiger partial charge is 0.483 e. The van der Waals surface area contributed by atoms with E-state index >= 15 is 0 Å². The molecule has 38 heavy (non-hydrogen) atoms. The number of aromatic nitrogens is 6. The van der Waals surface area contributed by atoms with Gasteiger partial charge in [-0.15, -0.1) is 0 Å². The number of carbonyl (C=O) groups is 1. The summed E-state index contributed by atoms with van der Waals surface area (Å²) in [5.74, 6) is 1.58. The Hall–Kier alpha value is -3.40. The third-order valence-electron chi connectivity index (χ3n) is 6.07. The first-order valence-corrected chi connectivity index (χ1v) is 12.4. The number of anilines is 2. The number of aliphatic hydroxyl groups excluding tert-OH is 3. The number of nitrogens with one attached hydrogen (secondary N) is 1. The van der Waals surface area contributed by atoms with Crippen molar-refractivity contribution < 1.29 is 34.5 Å². The van der Waals surface area contributed by atoms with Crippen molar-refractivity contribution >= 4 is 29.4 Å². The molecule has 0 aromatic carbocycles. The summed E-state index contributed by atoms with van der Waals surface area (Å²) in [6, 6.07) is 0.166. The Morgan fingerprint density at radius 3 is 2.42 bits per heavy atom. The Morgan fingerprint density at radius 1 is 1.18 bits per heavy atom. The molecule has 1 aliphatic heterocycles. The summed E-state index contributed by atoms with van der Waals surface area (Å²) in [4.78, 5) is 28.0. The summed E-state index contributed by atoms with van der Waals surface area (Å²) in [6.07, 6.45) is -1.35. The molecule has 3 aromatic rings. The van der Waals surface area contributed by atoms with E-state index in [-0.39, 0.29) is 31.1 Å². The van der Waals surface area contributed by atoms with Gasteiger partial charge in [-0.1, -0.05) is 32.9 Å². The minimum atomic E-state index is -1.30. The molecule has 0 unspecified atom stereocenters. The van der Waals surface area contributed by atoms with Gasteiger partial charge in [0.05, 0.1) is 6.33 Å². The van der Waals surface area contributed by atoms with Crippen molar-refractivity contribution in [1.29, 1.82) is 0 Å². The van der Waals surface area contributed by atoms with E-state index in [2.05, 4.69) is 44.3 Å². The average Bonchev–Trinajstić information content (AvgIpc) is 3.59. The molecule has 1 fully saturated rings. The predicted octanol–water partition coefficient (Wildman–Crippen LogP) is 1.22. The normalized spacial score (nSPS) is 21.1. The molecule has 1 aliphatic rings. The van der Waals surface area contributed by atoms with E-state index in [1.54, 1.807) is 16.4 Å². The van der Waals surface area contributed by atoms with E-state index in [9.17, 15) is 15.3 Å². The molecular weight excluding hydrogens is 500 g/mol. The monoisotopic (exact) mass is 536 g/mol. The highest BCUT2D eigenvalue weighted by Gasteiger charge is 2.47. The number of rotatable bonds is 10. The number of aliphatic hydroxyl groups is 3. The minimum Gasteiger partial charge on any atom is -0.483 e. The summed E-state index contributed by atoms with van der Waals surface area (Å²) >= 11 is 0. The van der Waals surface area contributed by atoms with Gasteiger partial charge < -0.3 is 39.9 Å². The Labute approximate surface area is 219 Å². The van der Waals surface area contributed by atoms with Crippen molar-refractivity contribution in [2.45, 2.75) is 78.0 Å². The molecule has 1 saturated heterocycles. The quantitative estimate of drug-likeness (QED) is 0.182. The van der Waals surface area contributed by atoms with Gasteiger partial charge in [-0.25, -0.2) is 4.98 Å².